The maximum atomic E-state index is 11.6. The monoisotopic (exact) mass is 317 g/mol. The molecule has 2 rings (SSSR count). The zero-order valence-corrected chi connectivity index (χ0v) is 13.9. The first-order valence-corrected chi connectivity index (χ1v) is 8.03. The second kappa shape index (κ2) is 8.36. The van der Waals surface area contributed by atoms with E-state index in [0.717, 1.165) is 24.8 Å². The van der Waals surface area contributed by atoms with Gasteiger partial charge in [-0.1, -0.05) is 31.0 Å². The lowest BCUT2D eigenvalue weighted by Crippen LogP contribution is -2.03. The summed E-state index contributed by atoms with van der Waals surface area (Å²) in [6, 6.07) is 5.62. The Balaban J connectivity index is 2.19. The molecule has 1 aromatic carbocycles. The zero-order chi connectivity index (χ0) is 16.7. The lowest BCUT2D eigenvalue weighted by molar-refractivity contribution is -0.136. The molecule has 0 aromatic heterocycles. The minimum atomic E-state index is -0.429. The molecule has 5 heteroatoms. The van der Waals surface area contributed by atoms with Gasteiger partial charge in [0, 0.05) is 0 Å². The molecule has 0 bridgehead atoms. The number of carbonyl (C=O) groups is 1. The zero-order valence-electron chi connectivity index (χ0n) is 13.9. The molecule has 1 aliphatic rings. The standard InChI is InChI=1S/C18H23NO4/c1-4-6-7-10-22-17-12-14(8-9-16(17)21-5-2)11-15-13(3)19-23-18(15)20/h8-9,11-12H,4-7,10H2,1-3H3/b15-11+. The van der Waals surface area contributed by atoms with Gasteiger partial charge < -0.3 is 14.3 Å². The molecule has 0 fully saturated rings. The van der Waals surface area contributed by atoms with Crippen molar-refractivity contribution in [3.63, 3.8) is 0 Å². The summed E-state index contributed by atoms with van der Waals surface area (Å²) >= 11 is 0. The predicted octanol–water partition coefficient (Wildman–Crippen LogP) is 3.97. The average molecular weight is 317 g/mol. The molecule has 0 atom stereocenters. The van der Waals surface area contributed by atoms with E-state index in [-0.39, 0.29) is 0 Å². The Morgan fingerprint density at radius 1 is 1.17 bits per heavy atom. The Labute approximate surface area is 136 Å². The van der Waals surface area contributed by atoms with Crippen LogP contribution in [0.4, 0.5) is 0 Å². The average Bonchev–Trinajstić information content (AvgIpc) is 2.86. The maximum absolute atomic E-state index is 11.6. The Bertz CT molecular complexity index is 619. The van der Waals surface area contributed by atoms with Crippen molar-refractivity contribution in [3.8, 4) is 11.5 Å². The Morgan fingerprint density at radius 2 is 2.00 bits per heavy atom. The highest BCUT2D eigenvalue weighted by Crippen LogP contribution is 2.30. The summed E-state index contributed by atoms with van der Waals surface area (Å²) in [7, 11) is 0. The fourth-order valence-corrected chi connectivity index (χ4v) is 2.22. The van der Waals surface area contributed by atoms with Crippen molar-refractivity contribution in [1.82, 2.24) is 0 Å². The fraction of sp³-hybridized carbons (Fsp3) is 0.444. The van der Waals surface area contributed by atoms with Crippen LogP contribution < -0.4 is 9.47 Å². The number of rotatable bonds is 8. The van der Waals surface area contributed by atoms with E-state index in [1.807, 2.05) is 25.1 Å². The number of nitrogens with zero attached hydrogens (tertiary/aromatic N) is 1. The molecule has 0 saturated carbocycles. The van der Waals surface area contributed by atoms with Gasteiger partial charge in [0.1, 0.15) is 0 Å². The molecule has 23 heavy (non-hydrogen) atoms. The third-order valence-electron chi connectivity index (χ3n) is 3.46. The molecule has 0 amide bonds. The highest BCUT2D eigenvalue weighted by atomic mass is 16.7. The van der Waals surface area contributed by atoms with Crippen molar-refractivity contribution >= 4 is 17.8 Å². The third-order valence-corrected chi connectivity index (χ3v) is 3.46. The van der Waals surface area contributed by atoms with Gasteiger partial charge in [-0.05, 0) is 44.0 Å². The van der Waals surface area contributed by atoms with Gasteiger partial charge in [-0.15, -0.1) is 0 Å². The van der Waals surface area contributed by atoms with E-state index in [9.17, 15) is 4.79 Å². The number of hydrogen-bond acceptors (Lipinski definition) is 5. The van der Waals surface area contributed by atoms with Gasteiger partial charge >= 0.3 is 5.97 Å². The van der Waals surface area contributed by atoms with Crippen LogP contribution in [-0.4, -0.2) is 24.9 Å². The summed E-state index contributed by atoms with van der Waals surface area (Å²) in [5, 5.41) is 3.68. The van der Waals surface area contributed by atoms with E-state index >= 15 is 0 Å². The van der Waals surface area contributed by atoms with Crippen molar-refractivity contribution in [3.05, 3.63) is 29.3 Å². The first kappa shape index (κ1) is 17.1. The smallest absolute Gasteiger partial charge is 0.367 e. The van der Waals surface area contributed by atoms with Crippen molar-refractivity contribution in [1.29, 1.82) is 0 Å². The topological polar surface area (TPSA) is 57.1 Å². The molecule has 0 saturated heterocycles. The van der Waals surface area contributed by atoms with Gasteiger partial charge in [-0.25, -0.2) is 4.79 Å². The lowest BCUT2D eigenvalue weighted by atomic mass is 10.1. The van der Waals surface area contributed by atoms with E-state index in [0.29, 0.717) is 36.0 Å². The molecular weight excluding hydrogens is 294 g/mol. The van der Waals surface area contributed by atoms with E-state index in [1.54, 1.807) is 13.0 Å². The Hall–Kier alpha value is -2.30. The predicted molar refractivity (Wildman–Crippen MR) is 89.8 cm³/mol. The Kier molecular flexibility index (Phi) is 6.20. The molecular formula is C18H23NO4. The van der Waals surface area contributed by atoms with Crippen LogP contribution >= 0.6 is 0 Å². The molecule has 1 heterocycles. The third kappa shape index (κ3) is 4.58. The molecule has 0 radical (unpaired) electrons. The summed E-state index contributed by atoms with van der Waals surface area (Å²) in [5.74, 6) is 0.977. The molecule has 1 aromatic rings. The molecule has 0 aliphatic carbocycles. The summed E-state index contributed by atoms with van der Waals surface area (Å²) in [6.45, 7) is 7.06. The quantitative estimate of drug-likeness (QED) is 0.413. The number of carbonyl (C=O) groups excluding carboxylic acids is 1. The van der Waals surface area contributed by atoms with E-state index in [2.05, 4.69) is 16.9 Å². The van der Waals surface area contributed by atoms with Gasteiger partial charge in [-0.3, -0.25) is 0 Å². The fourth-order valence-electron chi connectivity index (χ4n) is 2.22. The maximum Gasteiger partial charge on any atom is 0.367 e. The van der Waals surface area contributed by atoms with Crippen LogP contribution in [0.2, 0.25) is 0 Å². The second-order valence-electron chi connectivity index (χ2n) is 5.31. The number of oxime groups is 1. The van der Waals surface area contributed by atoms with Crippen LogP contribution in [-0.2, 0) is 9.63 Å². The number of ether oxygens (including phenoxy) is 2. The van der Waals surface area contributed by atoms with Crippen LogP contribution in [0.3, 0.4) is 0 Å². The van der Waals surface area contributed by atoms with Crippen LogP contribution in [0.25, 0.3) is 6.08 Å². The van der Waals surface area contributed by atoms with Crippen molar-refractivity contribution in [2.24, 2.45) is 5.16 Å². The molecule has 124 valence electrons. The number of unbranched alkanes of at least 4 members (excludes halogenated alkanes) is 2. The van der Waals surface area contributed by atoms with Gasteiger partial charge in [0.25, 0.3) is 0 Å². The highest BCUT2D eigenvalue weighted by molar-refractivity contribution is 6.24. The van der Waals surface area contributed by atoms with Crippen LogP contribution in [0, 0.1) is 0 Å². The lowest BCUT2D eigenvalue weighted by Gasteiger charge is -2.12. The Morgan fingerprint density at radius 3 is 2.65 bits per heavy atom. The largest absolute Gasteiger partial charge is 0.490 e. The van der Waals surface area contributed by atoms with Gasteiger partial charge in [-0.2, -0.15) is 0 Å². The van der Waals surface area contributed by atoms with Crippen LogP contribution in [0.5, 0.6) is 11.5 Å². The van der Waals surface area contributed by atoms with Crippen molar-refractivity contribution < 1.29 is 19.1 Å². The molecule has 1 aliphatic heterocycles. The summed E-state index contributed by atoms with van der Waals surface area (Å²) in [5.41, 5.74) is 1.89. The second-order valence-corrected chi connectivity index (χ2v) is 5.31. The summed E-state index contributed by atoms with van der Waals surface area (Å²) in [6.07, 6.45) is 5.04. The molecule has 0 unspecified atom stereocenters. The van der Waals surface area contributed by atoms with E-state index in [4.69, 9.17) is 9.47 Å². The molecule has 0 N–H and O–H groups in total. The first-order chi connectivity index (χ1) is 11.2. The number of benzene rings is 1. The van der Waals surface area contributed by atoms with Crippen LogP contribution in [0.15, 0.2) is 28.9 Å². The summed E-state index contributed by atoms with van der Waals surface area (Å²) < 4.78 is 11.5. The normalized spacial score (nSPS) is 15.5. The van der Waals surface area contributed by atoms with E-state index in [1.165, 1.54) is 0 Å². The minimum Gasteiger partial charge on any atom is -0.490 e. The van der Waals surface area contributed by atoms with Gasteiger partial charge in [0.05, 0.1) is 24.5 Å². The van der Waals surface area contributed by atoms with Crippen LogP contribution in [0.1, 0.15) is 45.6 Å². The minimum absolute atomic E-state index is 0.429. The summed E-state index contributed by atoms with van der Waals surface area (Å²) in [4.78, 5) is 16.3. The van der Waals surface area contributed by atoms with Crippen molar-refractivity contribution in [2.45, 2.75) is 40.0 Å². The van der Waals surface area contributed by atoms with Gasteiger partial charge in [0.15, 0.2) is 11.5 Å². The first-order valence-electron chi connectivity index (χ1n) is 8.03. The van der Waals surface area contributed by atoms with Crippen molar-refractivity contribution in [2.75, 3.05) is 13.2 Å². The molecule has 5 nitrogen and oxygen atoms in total. The molecule has 0 spiro atoms. The number of hydrogen-bond donors (Lipinski definition) is 0. The highest BCUT2D eigenvalue weighted by Gasteiger charge is 2.21. The van der Waals surface area contributed by atoms with E-state index < -0.39 is 5.97 Å². The SMILES string of the molecule is CCCCCOc1cc(/C=C2/C(=O)ON=C2C)ccc1OCC. The van der Waals surface area contributed by atoms with Gasteiger partial charge in [0.2, 0.25) is 0 Å².